The number of nitrogens with zero attached hydrogens (tertiary/aromatic N) is 2. The minimum Gasteiger partial charge on any atom is -0.452 e. The monoisotopic (exact) mass is 470 g/mol. The van der Waals surface area contributed by atoms with Gasteiger partial charge in [0.25, 0.3) is 17.7 Å². The highest BCUT2D eigenvalue weighted by atomic mass is 32.2. The number of nitriles is 1. The lowest BCUT2D eigenvalue weighted by Gasteiger charge is -2.08. The maximum Gasteiger partial charge on any atom is 0.338 e. The molecule has 0 atom stereocenters. The molecular weight excluding hydrogens is 452 g/mol. The second-order valence-corrected chi connectivity index (χ2v) is 8.65. The van der Waals surface area contributed by atoms with Gasteiger partial charge >= 0.3 is 5.97 Å². The first-order valence-electron chi connectivity index (χ1n) is 9.54. The Morgan fingerprint density at radius 1 is 1.06 bits per heavy atom. The summed E-state index contributed by atoms with van der Waals surface area (Å²) in [6.45, 7) is -0.665. The lowest BCUT2D eigenvalue weighted by Crippen LogP contribution is -2.24. The third-order valence-electron chi connectivity index (χ3n) is 4.64. The average molecular weight is 470 g/mol. The van der Waals surface area contributed by atoms with Crippen molar-refractivity contribution in [2.75, 3.05) is 25.5 Å². The smallest absolute Gasteiger partial charge is 0.338 e. The first kappa shape index (κ1) is 23.6. The summed E-state index contributed by atoms with van der Waals surface area (Å²) in [6.07, 6.45) is 0.0165. The number of carbonyl (C=O) groups excluding carboxylic acids is 4. The molecule has 3 amide bonds. The summed E-state index contributed by atoms with van der Waals surface area (Å²) >= 11 is 0. The van der Waals surface area contributed by atoms with Crippen molar-refractivity contribution >= 4 is 39.4 Å². The number of esters is 1. The highest BCUT2D eigenvalue weighted by molar-refractivity contribution is 7.89. The molecule has 3 rings (SSSR count). The quantitative estimate of drug-likeness (QED) is 0.326. The maximum absolute atomic E-state index is 12.2. The van der Waals surface area contributed by atoms with E-state index in [-0.39, 0.29) is 40.2 Å². The van der Waals surface area contributed by atoms with Crippen LogP contribution in [0.1, 0.15) is 37.5 Å². The number of rotatable bonds is 8. The van der Waals surface area contributed by atoms with E-state index in [0.29, 0.717) is 0 Å². The summed E-state index contributed by atoms with van der Waals surface area (Å²) in [4.78, 5) is 49.1. The van der Waals surface area contributed by atoms with Crippen LogP contribution in [0.4, 0.5) is 5.69 Å². The van der Waals surface area contributed by atoms with E-state index in [1.807, 2.05) is 6.07 Å². The van der Waals surface area contributed by atoms with Crippen LogP contribution in [0.2, 0.25) is 0 Å². The van der Waals surface area contributed by atoms with Crippen molar-refractivity contribution in [1.29, 1.82) is 5.26 Å². The van der Waals surface area contributed by atoms with Crippen LogP contribution in [0.5, 0.6) is 0 Å². The number of carbonyl (C=O) groups is 4. The molecule has 0 aromatic heterocycles. The molecule has 0 spiro atoms. The van der Waals surface area contributed by atoms with Crippen LogP contribution in [-0.2, 0) is 19.6 Å². The molecule has 0 unspecified atom stereocenters. The lowest BCUT2D eigenvalue weighted by atomic mass is 10.1. The summed E-state index contributed by atoms with van der Waals surface area (Å²) in [5, 5.41) is 11.0. The molecule has 0 radical (unpaired) electrons. The van der Waals surface area contributed by atoms with E-state index in [9.17, 15) is 27.6 Å². The molecular formula is C21H18N4O7S. The van der Waals surface area contributed by atoms with Crippen LogP contribution in [-0.4, -0.2) is 57.2 Å². The number of imide groups is 1. The molecule has 12 heteroatoms. The van der Waals surface area contributed by atoms with E-state index in [1.165, 1.54) is 49.5 Å². The summed E-state index contributed by atoms with van der Waals surface area (Å²) in [7, 11) is -2.46. The third kappa shape index (κ3) is 5.22. The minimum absolute atomic E-state index is 0.0165. The van der Waals surface area contributed by atoms with Gasteiger partial charge in [-0.3, -0.25) is 19.3 Å². The maximum atomic E-state index is 12.2. The Hall–Kier alpha value is -4.08. The van der Waals surface area contributed by atoms with Gasteiger partial charge in [0.05, 0.1) is 27.7 Å². The fraction of sp³-hybridized carbons (Fsp3) is 0.190. The summed E-state index contributed by atoms with van der Waals surface area (Å²) in [5.41, 5.74) is 0.681. The van der Waals surface area contributed by atoms with Crippen LogP contribution in [0.15, 0.2) is 47.4 Å². The first-order valence-corrected chi connectivity index (χ1v) is 11.0. The summed E-state index contributed by atoms with van der Waals surface area (Å²) in [6, 6.07) is 10.9. The zero-order valence-corrected chi connectivity index (χ0v) is 18.1. The molecule has 2 aromatic carbocycles. The van der Waals surface area contributed by atoms with Crippen molar-refractivity contribution in [3.8, 4) is 6.07 Å². The van der Waals surface area contributed by atoms with Crippen molar-refractivity contribution in [3.05, 3.63) is 59.2 Å². The van der Waals surface area contributed by atoms with Gasteiger partial charge in [-0.15, -0.1) is 0 Å². The number of benzene rings is 2. The summed E-state index contributed by atoms with van der Waals surface area (Å²) < 4.78 is 31.3. The SMILES string of the molecule is CN1C(=O)c2ccc(NC(=O)COC(=O)c3ccc(S(=O)(=O)NCCC#N)cc3)cc2C1=O. The van der Waals surface area contributed by atoms with Crippen LogP contribution in [0, 0.1) is 11.3 Å². The Bertz CT molecular complexity index is 1280. The Morgan fingerprint density at radius 3 is 2.39 bits per heavy atom. The molecule has 170 valence electrons. The zero-order valence-electron chi connectivity index (χ0n) is 17.3. The van der Waals surface area contributed by atoms with Crippen molar-refractivity contribution in [3.63, 3.8) is 0 Å². The van der Waals surface area contributed by atoms with Gasteiger partial charge in [-0.2, -0.15) is 5.26 Å². The number of hydrogen-bond donors (Lipinski definition) is 2. The second-order valence-electron chi connectivity index (χ2n) is 6.88. The standard InChI is InChI=1S/C21H18N4O7S/c1-25-19(27)16-8-5-14(11-17(16)20(25)28)24-18(26)12-32-21(29)13-3-6-15(7-4-13)33(30,31)23-10-2-9-22/h3-8,11,23H,2,10,12H2,1H3,(H,24,26). The molecule has 0 aliphatic carbocycles. The van der Waals surface area contributed by atoms with Gasteiger partial charge in [0, 0.05) is 25.7 Å². The molecule has 11 nitrogen and oxygen atoms in total. The fourth-order valence-electron chi connectivity index (χ4n) is 2.95. The molecule has 0 bridgehead atoms. The van der Waals surface area contributed by atoms with Crippen molar-refractivity contribution in [2.45, 2.75) is 11.3 Å². The van der Waals surface area contributed by atoms with Gasteiger partial charge < -0.3 is 10.1 Å². The number of nitrogens with one attached hydrogen (secondary N) is 2. The van der Waals surface area contributed by atoms with Crippen molar-refractivity contribution < 1.29 is 32.3 Å². The Balaban J connectivity index is 1.56. The van der Waals surface area contributed by atoms with E-state index in [2.05, 4.69) is 10.0 Å². The molecule has 1 heterocycles. The molecule has 0 fully saturated rings. The van der Waals surface area contributed by atoms with Gasteiger partial charge in [-0.25, -0.2) is 17.9 Å². The van der Waals surface area contributed by atoms with E-state index in [4.69, 9.17) is 10.00 Å². The predicted molar refractivity (Wildman–Crippen MR) is 114 cm³/mol. The normalized spacial score (nSPS) is 12.8. The molecule has 2 N–H and O–H groups in total. The molecule has 1 aliphatic rings. The highest BCUT2D eigenvalue weighted by Crippen LogP contribution is 2.24. The fourth-order valence-corrected chi connectivity index (χ4v) is 3.98. The van der Waals surface area contributed by atoms with Gasteiger partial charge in [0.2, 0.25) is 10.0 Å². The van der Waals surface area contributed by atoms with Gasteiger partial charge in [0.15, 0.2) is 6.61 Å². The Kier molecular flexibility index (Phi) is 6.86. The van der Waals surface area contributed by atoms with Crippen LogP contribution in [0.25, 0.3) is 0 Å². The number of amides is 3. The number of anilines is 1. The number of sulfonamides is 1. The first-order chi connectivity index (χ1) is 15.6. The predicted octanol–water partition coefficient (Wildman–Crippen LogP) is 0.900. The number of hydrogen-bond acceptors (Lipinski definition) is 8. The van der Waals surface area contributed by atoms with Gasteiger partial charge in [-0.05, 0) is 42.5 Å². The van der Waals surface area contributed by atoms with Gasteiger partial charge in [-0.1, -0.05) is 0 Å². The molecule has 33 heavy (non-hydrogen) atoms. The topological polar surface area (TPSA) is 163 Å². The Morgan fingerprint density at radius 2 is 1.73 bits per heavy atom. The van der Waals surface area contributed by atoms with E-state index >= 15 is 0 Å². The highest BCUT2D eigenvalue weighted by Gasteiger charge is 2.32. The zero-order chi connectivity index (χ0) is 24.2. The van der Waals surface area contributed by atoms with Crippen LogP contribution < -0.4 is 10.0 Å². The van der Waals surface area contributed by atoms with Crippen molar-refractivity contribution in [1.82, 2.24) is 9.62 Å². The van der Waals surface area contributed by atoms with Crippen LogP contribution in [0.3, 0.4) is 0 Å². The molecule has 0 saturated heterocycles. The Labute approximate surface area is 189 Å². The lowest BCUT2D eigenvalue weighted by molar-refractivity contribution is -0.119. The molecule has 1 aliphatic heterocycles. The van der Waals surface area contributed by atoms with Gasteiger partial charge in [0.1, 0.15) is 0 Å². The third-order valence-corrected chi connectivity index (χ3v) is 6.11. The largest absolute Gasteiger partial charge is 0.452 e. The minimum atomic E-state index is -3.82. The average Bonchev–Trinajstić information content (AvgIpc) is 3.01. The summed E-state index contributed by atoms with van der Waals surface area (Å²) in [5.74, 6) is -2.43. The number of ether oxygens (including phenoxy) is 1. The van der Waals surface area contributed by atoms with Crippen molar-refractivity contribution in [2.24, 2.45) is 0 Å². The van der Waals surface area contributed by atoms with E-state index < -0.39 is 40.3 Å². The van der Waals surface area contributed by atoms with E-state index in [0.717, 1.165) is 4.90 Å². The molecule has 2 aromatic rings. The second kappa shape index (κ2) is 9.60. The van der Waals surface area contributed by atoms with E-state index in [1.54, 1.807) is 0 Å². The van der Waals surface area contributed by atoms with Crippen LogP contribution >= 0.6 is 0 Å². The molecule has 0 saturated carbocycles. The number of fused-ring (bicyclic) bond motifs is 1.